The molecule has 2 aromatic carbocycles. The zero-order valence-corrected chi connectivity index (χ0v) is 20.0. The number of likely N-dealkylation sites (N-methyl/N-ethyl adjacent to an activating group) is 2. The van der Waals surface area contributed by atoms with Crippen molar-refractivity contribution < 1.29 is 19.1 Å². The van der Waals surface area contributed by atoms with E-state index in [1.165, 1.54) is 0 Å². The Hall–Kier alpha value is -3.54. The fraction of sp³-hybridized carbons (Fsp3) is 0.333. The summed E-state index contributed by atoms with van der Waals surface area (Å²) < 4.78 is 10.3. The summed E-state index contributed by atoms with van der Waals surface area (Å²) in [7, 11) is 3.25. The largest absolute Gasteiger partial charge is 0.497 e. The van der Waals surface area contributed by atoms with Crippen LogP contribution in [0.3, 0.4) is 0 Å². The van der Waals surface area contributed by atoms with Gasteiger partial charge in [0.1, 0.15) is 11.5 Å². The molecule has 0 fully saturated rings. The van der Waals surface area contributed by atoms with Crippen molar-refractivity contribution in [1.82, 2.24) is 9.80 Å². The second kappa shape index (κ2) is 13.8. The Morgan fingerprint density at radius 3 is 1.36 bits per heavy atom. The van der Waals surface area contributed by atoms with Crippen LogP contribution in [0.4, 0.5) is 0 Å². The Balaban J connectivity index is 1.84. The fourth-order valence-electron chi connectivity index (χ4n) is 3.28. The van der Waals surface area contributed by atoms with Gasteiger partial charge in [-0.2, -0.15) is 0 Å². The lowest BCUT2D eigenvalue weighted by atomic mass is 10.2. The van der Waals surface area contributed by atoms with E-state index in [2.05, 4.69) is 0 Å². The van der Waals surface area contributed by atoms with Crippen LogP contribution in [0.15, 0.2) is 60.7 Å². The summed E-state index contributed by atoms with van der Waals surface area (Å²) in [5.74, 6) is 1.48. The van der Waals surface area contributed by atoms with Crippen molar-refractivity contribution >= 4 is 24.0 Å². The van der Waals surface area contributed by atoms with Crippen molar-refractivity contribution in [1.29, 1.82) is 0 Å². The van der Waals surface area contributed by atoms with Gasteiger partial charge >= 0.3 is 0 Å². The van der Waals surface area contributed by atoms with E-state index < -0.39 is 0 Å². The molecule has 0 radical (unpaired) electrons. The third-order valence-electron chi connectivity index (χ3n) is 5.31. The van der Waals surface area contributed by atoms with Gasteiger partial charge in [-0.15, -0.1) is 0 Å². The summed E-state index contributed by atoms with van der Waals surface area (Å²) in [5, 5.41) is 0. The minimum Gasteiger partial charge on any atom is -0.497 e. The fourth-order valence-corrected chi connectivity index (χ4v) is 3.28. The van der Waals surface area contributed by atoms with Crippen LogP contribution in [0.2, 0.25) is 0 Å². The van der Waals surface area contributed by atoms with E-state index >= 15 is 0 Å². The summed E-state index contributed by atoms with van der Waals surface area (Å²) in [4.78, 5) is 28.7. The van der Waals surface area contributed by atoms with Crippen LogP contribution in [0, 0.1) is 0 Å². The smallest absolute Gasteiger partial charge is 0.246 e. The van der Waals surface area contributed by atoms with Gasteiger partial charge in [0, 0.05) is 38.3 Å². The Morgan fingerprint density at radius 1 is 0.697 bits per heavy atom. The number of methoxy groups -OCH3 is 2. The zero-order valence-electron chi connectivity index (χ0n) is 20.0. The van der Waals surface area contributed by atoms with Gasteiger partial charge in [0.05, 0.1) is 14.2 Å². The molecule has 6 heteroatoms. The molecular formula is C27H34N2O4. The molecule has 176 valence electrons. The van der Waals surface area contributed by atoms with Crippen LogP contribution in [0.1, 0.15) is 31.4 Å². The summed E-state index contributed by atoms with van der Waals surface area (Å²) in [6.07, 6.45) is 7.50. The van der Waals surface area contributed by atoms with Crippen LogP contribution in [0.5, 0.6) is 11.5 Å². The predicted octanol–water partition coefficient (Wildman–Crippen LogP) is 4.52. The Bertz CT molecular complexity index is 856. The van der Waals surface area contributed by atoms with Crippen molar-refractivity contribution in [2.75, 3.05) is 40.4 Å². The molecule has 0 atom stereocenters. The highest BCUT2D eigenvalue weighted by molar-refractivity contribution is 5.92. The molecule has 0 saturated carbocycles. The van der Waals surface area contributed by atoms with Crippen LogP contribution in [-0.2, 0) is 9.59 Å². The molecule has 0 unspecified atom stereocenters. The van der Waals surface area contributed by atoms with Gasteiger partial charge in [0.15, 0.2) is 0 Å². The first-order valence-corrected chi connectivity index (χ1v) is 11.2. The molecule has 6 nitrogen and oxygen atoms in total. The minimum atomic E-state index is -0.0397. The van der Waals surface area contributed by atoms with E-state index in [1.807, 2.05) is 62.4 Å². The average Bonchev–Trinajstić information content (AvgIpc) is 2.86. The van der Waals surface area contributed by atoms with Gasteiger partial charge in [-0.05, 0) is 67.8 Å². The van der Waals surface area contributed by atoms with Crippen molar-refractivity contribution in [3.05, 3.63) is 71.8 Å². The molecule has 0 spiro atoms. The first kappa shape index (κ1) is 25.7. The van der Waals surface area contributed by atoms with Gasteiger partial charge < -0.3 is 19.3 Å². The number of ether oxygens (including phenoxy) is 2. The highest BCUT2D eigenvalue weighted by Gasteiger charge is 2.12. The molecule has 33 heavy (non-hydrogen) atoms. The Labute approximate surface area is 197 Å². The Kier molecular flexibility index (Phi) is 10.7. The van der Waals surface area contributed by atoms with Crippen LogP contribution >= 0.6 is 0 Å². The number of carbonyl (C=O) groups excluding carboxylic acids is 2. The van der Waals surface area contributed by atoms with E-state index in [1.54, 1.807) is 48.3 Å². The molecule has 0 bridgehead atoms. The molecule has 0 N–H and O–H groups in total. The van der Waals surface area contributed by atoms with Gasteiger partial charge in [-0.25, -0.2) is 0 Å². The SMILES string of the molecule is CCN(CCCN(CC)C(=O)C=Cc1ccc(OC)cc1)C(=O)C=Cc1ccc(OC)cc1. The second-order valence-corrected chi connectivity index (χ2v) is 7.40. The average molecular weight is 451 g/mol. The van der Waals surface area contributed by atoms with E-state index in [0.717, 1.165) is 22.6 Å². The number of amides is 2. The molecule has 2 aromatic rings. The maximum absolute atomic E-state index is 12.6. The van der Waals surface area contributed by atoms with E-state index in [4.69, 9.17) is 9.47 Å². The van der Waals surface area contributed by atoms with Crippen LogP contribution in [0.25, 0.3) is 12.2 Å². The third kappa shape index (κ3) is 8.48. The molecule has 0 aliphatic rings. The highest BCUT2D eigenvalue weighted by atomic mass is 16.5. The molecule has 0 aromatic heterocycles. The van der Waals surface area contributed by atoms with Gasteiger partial charge in [0.2, 0.25) is 11.8 Å². The lowest BCUT2D eigenvalue weighted by Crippen LogP contribution is -2.35. The van der Waals surface area contributed by atoms with Crippen molar-refractivity contribution in [2.45, 2.75) is 20.3 Å². The molecular weight excluding hydrogens is 416 g/mol. The summed E-state index contributed by atoms with van der Waals surface area (Å²) in [6.45, 7) is 6.33. The molecule has 0 aliphatic carbocycles. The summed E-state index contributed by atoms with van der Waals surface area (Å²) in [6, 6.07) is 15.1. The lowest BCUT2D eigenvalue weighted by molar-refractivity contribution is -0.126. The third-order valence-corrected chi connectivity index (χ3v) is 5.31. The first-order valence-electron chi connectivity index (χ1n) is 11.2. The lowest BCUT2D eigenvalue weighted by Gasteiger charge is -2.23. The number of hydrogen-bond donors (Lipinski definition) is 0. The van der Waals surface area contributed by atoms with Gasteiger partial charge in [0.25, 0.3) is 0 Å². The maximum Gasteiger partial charge on any atom is 0.246 e. The normalized spacial score (nSPS) is 11.0. The quantitative estimate of drug-likeness (QED) is 0.446. The van der Waals surface area contributed by atoms with Gasteiger partial charge in [-0.3, -0.25) is 9.59 Å². The summed E-state index contributed by atoms with van der Waals surface area (Å²) in [5.41, 5.74) is 1.87. The van der Waals surface area contributed by atoms with E-state index in [9.17, 15) is 9.59 Å². The van der Waals surface area contributed by atoms with Crippen molar-refractivity contribution in [2.24, 2.45) is 0 Å². The van der Waals surface area contributed by atoms with Crippen LogP contribution in [-0.4, -0.2) is 62.0 Å². The van der Waals surface area contributed by atoms with Crippen molar-refractivity contribution in [3.8, 4) is 11.5 Å². The predicted molar refractivity (Wildman–Crippen MR) is 133 cm³/mol. The Morgan fingerprint density at radius 2 is 1.06 bits per heavy atom. The second-order valence-electron chi connectivity index (χ2n) is 7.40. The standard InChI is InChI=1S/C27H34N2O4/c1-5-28(26(30)18-12-22-8-14-24(32-3)15-9-22)20-7-21-29(6-2)27(31)19-13-23-10-16-25(33-4)17-11-23/h8-19H,5-7,20-21H2,1-4H3. The zero-order chi connectivity index (χ0) is 24.1. The monoisotopic (exact) mass is 450 g/mol. The molecule has 0 aliphatic heterocycles. The molecule has 0 heterocycles. The highest BCUT2D eigenvalue weighted by Crippen LogP contribution is 2.13. The maximum atomic E-state index is 12.6. The van der Waals surface area contributed by atoms with E-state index in [-0.39, 0.29) is 11.8 Å². The molecule has 0 saturated heterocycles. The van der Waals surface area contributed by atoms with E-state index in [0.29, 0.717) is 32.6 Å². The number of hydrogen-bond acceptors (Lipinski definition) is 4. The number of carbonyl (C=O) groups is 2. The molecule has 2 rings (SSSR count). The first-order chi connectivity index (χ1) is 16.0. The summed E-state index contributed by atoms with van der Waals surface area (Å²) >= 11 is 0. The topological polar surface area (TPSA) is 59.1 Å². The molecule has 2 amide bonds. The van der Waals surface area contributed by atoms with Crippen LogP contribution < -0.4 is 9.47 Å². The minimum absolute atomic E-state index is 0.0397. The number of nitrogens with zero attached hydrogens (tertiary/aromatic N) is 2. The number of benzene rings is 2. The van der Waals surface area contributed by atoms with Gasteiger partial charge in [-0.1, -0.05) is 24.3 Å². The number of rotatable bonds is 12. The van der Waals surface area contributed by atoms with Crippen molar-refractivity contribution in [3.63, 3.8) is 0 Å².